The van der Waals surface area contributed by atoms with Crippen molar-refractivity contribution in [2.24, 2.45) is 0 Å². The third-order valence-electron chi connectivity index (χ3n) is 5.75. The summed E-state index contributed by atoms with van der Waals surface area (Å²) in [5.74, 6) is -1.43. The molecular weight excluding hydrogens is 505 g/mol. The van der Waals surface area contributed by atoms with Crippen molar-refractivity contribution in [2.45, 2.75) is 84.1 Å². The number of rotatable bonds is 5. The lowest BCUT2D eigenvalue weighted by Crippen LogP contribution is -2.44. The van der Waals surface area contributed by atoms with Crippen LogP contribution in [0.4, 0.5) is 25.4 Å². The van der Waals surface area contributed by atoms with Gasteiger partial charge in [-0.15, -0.1) is 0 Å². The standard InChI is InChI=1S/C25H37ClFN5O5/c1-24(2,3)36-22(34)30-29-21(33)16-12-17(27)20(18(26)19(16)28-14-8-9-14)32-11-10-15(13-32)31(7)23(35)37-25(4,5)6/h12,14-15,28H,8-11,13H2,1-7H3,(H,29,33)(H,30,34). The average Bonchev–Trinajstić information content (AvgIpc) is 3.45. The molecule has 1 unspecified atom stereocenters. The van der Waals surface area contributed by atoms with Gasteiger partial charge in [-0.3, -0.25) is 10.2 Å². The van der Waals surface area contributed by atoms with E-state index in [2.05, 4.69) is 16.2 Å². The predicted octanol–water partition coefficient (Wildman–Crippen LogP) is 4.67. The Morgan fingerprint density at radius 2 is 1.68 bits per heavy atom. The number of anilines is 2. The number of hydrogen-bond acceptors (Lipinski definition) is 7. The number of nitrogens with zero attached hydrogens (tertiary/aromatic N) is 2. The van der Waals surface area contributed by atoms with Crippen molar-refractivity contribution >= 4 is 41.1 Å². The molecule has 1 saturated carbocycles. The van der Waals surface area contributed by atoms with Crippen LogP contribution in [0.2, 0.25) is 5.02 Å². The average molecular weight is 542 g/mol. The van der Waals surface area contributed by atoms with Crippen molar-refractivity contribution in [2.75, 3.05) is 30.4 Å². The van der Waals surface area contributed by atoms with Gasteiger partial charge in [0.15, 0.2) is 0 Å². The van der Waals surface area contributed by atoms with Crippen LogP contribution in [-0.2, 0) is 9.47 Å². The molecule has 0 radical (unpaired) electrons. The summed E-state index contributed by atoms with van der Waals surface area (Å²) < 4.78 is 26.0. The van der Waals surface area contributed by atoms with Gasteiger partial charge < -0.3 is 24.6 Å². The highest BCUT2D eigenvalue weighted by Crippen LogP contribution is 2.42. The van der Waals surface area contributed by atoms with Crippen LogP contribution in [0, 0.1) is 5.82 Å². The van der Waals surface area contributed by atoms with Gasteiger partial charge in [-0.1, -0.05) is 11.6 Å². The first-order valence-electron chi connectivity index (χ1n) is 12.3. The number of hydrazine groups is 1. The minimum atomic E-state index is -0.849. The maximum Gasteiger partial charge on any atom is 0.426 e. The lowest BCUT2D eigenvalue weighted by Gasteiger charge is -2.29. The Bertz CT molecular complexity index is 1050. The van der Waals surface area contributed by atoms with Gasteiger partial charge >= 0.3 is 12.2 Å². The number of carbonyl (C=O) groups is 3. The van der Waals surface area contributed by atoms with E-state index in [0.29, 0.717) is 19.5 Å². The topological polar surface area (TPSA) is 112 Å². The Hall–Kier alpha value is -2.95. The van der Waals surface area contributed by atoms with Crippen LogP contribution in [0.3, 0.4) is 0 Å². The summed E-state index contributed by atoms with van der Waals surface area (Å²) in [5.41, 5.74) is 3.44. The molecule has 1 heterocycles. The van der Waals surface area contributed by atoms with E-state index < -0.39 is 35.1 Å². The number of ether oxygens (including phenoxy) is 2. The van der Waals surface area contributed by atoms with E-state index in [4.69, 9.17) is 21.1 Å². The van der Waals surface area contributed by atoms with E-state index in [1.807, 2.05) is 0 Å². The molecule has 1 aromatic carbocycles. The van der Waals surface area contributed by atoms with Crippen LogP contribution in [0.15, 0.2) is 6.07 Å². The minimum Gasteiger partial charge on any atom is -0.444 e. The Labute approximate surface area is 222 Å². The number of halogens is 2. The summed E-state index contributed by atoms with van der Waals surface area (Å²) in [7, 11) is 1.66. The number of carbonyl (C=O) groups excluding carboxylic acids is 3. The summed E-state index contributed by atoms with van der Waals surface area (Å²) >= 11 is 6.70. The van der Waals surface area contributed by atoms with Crippen LogP contribution in [0.1, 0.15) is 71.2 Å². The molecule has 2 fully saturated rings. The zero-order valence-corrected chi connectivity index (χ0v) is 23.2. The summed E-state index contributed by atoms with van der Waals surface area (Å²) in [6.45, 7) is 11.3. The second kappa shape index (κ2) is 10.8. The number of hydrogen-bond donors (Lipinski definition) is 3. The maximum absolute atomic E-state index is 15.4. The molecule has 3 amide bonds. The van der Waals surface area contributed by atoms with Gasteiger partial charge in [0.25, 0.3) is 5.91 Å². The van der Waals surface area contributed by atoms with Crippen LogP contribution >= 0.6 is 11.6 Å². The Balaban J connectivity index is 1.79. The van der Waals surface area contributed by atoms with Crippen molar-refractivity contribution in [3.05, 3.63) is 22.5 Å². The van der Waals surface area contributed by atoms with E-state index in [0.717, 1.165) is 18.9 Å². The zero-order valence-electron chi connectivity index (χ0n) is 22.5. The fourth-order valence-corrected chi connectivity index (χ4v) is 4.24. The van der Waals surface area contributed by atoms with Gasteiger partial charge in [0.05, 0.1) is 28.0 Å². The number of likely N-dealkylation sites (N-methyl/N-ethyl adjacent to an activating group) is 1. The highest BCUT2D eigenvalue weighted by atomic mass is 35.5. The molecule has 10 nitrogen and oxygen atoms in total. The van der Waals surface area contributed by atoms with E-state index in [-0.39, 0.29) is 34.0 Å². The lowest BCUT2D eigenvalue weighted by atomic mass is 10.1. The highest BCUT2D eigenvalue weighted by Gasteiger charge is 2.35. The van der Waals surface area contributed by atoms with Crippen LogP contribution < -0.4 is 21.1 Å². The smallest absolute Gasteiger partial charge is 0.426 e. The molecule has 12 heteroatoms. The number of amides is 3. The molecule has 37 heavy (non-hydrogen) atoms. The van der Waals surface area contributed by atoms with E-state index >= 15 is 4.39 Å². The maximum atomic E-state index is 15.4. The molecule has 1 aromatic rings. The third-order valence-corrected chi connectivity index (χ3v) is 6.12. The molecule has 1 saturated heterocycles. The van der Waals surface area contributed by atoms with Crippen molar-refractivity contribution < 1.29 is 28.2 Å². The quantitative estimate of drug-likeness (QED) is 0.464. The van der Waals surface area contributed by atoms with Gasteiger partial charge in [0, 0.05) is 26.2 Å². The van der Waals surface area contributed by atoms with Gasteiger partial charge in [0.2, 0.25) is 0 Å². The monoisotopic (exact) mass is 541 g/mol. The fraction of sp³-hybridized carbons (Fsp3) is 0.640. The van der Waals surface area contributed by atoms with Gasteiger partial charge in [-0.05, 0) is 66.9 Å². The van der Waals surface area contributed by atoms with Crippen LogP contribution in [0.25, 0.3) is 0 Å². The van der Waals surface area contributed by atoms with Gasteiger partial charge in [0.1, 0.15) is 17.0 Å². The molecule has 0 aromatic heterocycles. The SMILES string of the molecule is CN(C(=O)OC(C)(C)C)C1CCN(c2c(F)cc(C(=O)NNC(=O)OC(C)(C)C)c(NC3CC3)c2Cl)C1. The largest absolute Gasteiger partial charge is 0.444 e. The van der Waals surface area contributed by atoms with Crippen LogP contribution in [0.5, 0.6) is 0 Å². The summed E-state index contributed by atoms with van der Waals surface area (Å²) in [4.78, 5) is 40.6. The molecule has 1 aliphatic carbocycles. The predicted molar refractivity (Wildman–Crippen MR) is 140 cm³/mol. The fourth-order valence-electron chi connectivity index (χ4n) is 3.87. The van der Waals surface area contributed by atoms with Gasteiger partial charge in [-0.2, -0.15) is 0 Å². The van der Waals surface area contributed by atoms with Crippen LogP contribution in [-0.4, -0.2) is 66.4 Å². The number of benzene rings is 1. The molecule has 0 bridgehead atoms. The van der Waals surface area contributed by atoms with Crippen molar-refractivity contribution in [1.82, 2.24) is 15.8 Å². The zero-order chi connectivity index (χ0) is 27.7. The molecule has 3 N–H and O–H groups in total. The second-order valence-electron chi connectivity index (χ2n) is 11.4. The molecule has 1 atom stereocenters. The normalized spacial score (nSPS) is 17.8. The van der Waals surface area contributed by atoms with Gasteiger partial charge in [-0.25, -0.2) is 19.4 Å². The first-order chi connectivity index (χ1) is 17.1. The van der Waals surface area contributed by atoms with Crippen molar-refractivity contribution in [3.8, 4) is 0 Å². The Morgan fingerprint density at radius 1 is 1.05 bits per heavy atom. The molecule has 3 rings (SSSR count). The first kappa shape index (κ1) is 28.6. The van der Waals surface area contributed by atoms with E-state index in [9.17, 15) is 14.4 Å². The van der Waals surface area contributed by atoms with Crippen molar-refractivity contribution in [1.29, 1.82) is 0 Å². The highest BCUT2D eigenvalue weighted by molar-refractivity contribution is 6.37. The summed E-state index contributed by atoms with van der Waals surface area (Å²) in [5, 5.41) is 3.28. The summed E-state index contributed by atoms with van der Waals surface area (Å²) in [6.07, 6.45) is 1.09. The second-order valence-corrected chi connectivity index (χ2v) is 11.8. The molecule has 206 valence electrons. The van der Waals surface area contributed by atoms with E-state index in [1.165, 1.54) is 4.90 Å². The molecule has 2 aliphatic rings. The molecule has 1 aliphatic heterocycles. The Morgan fingerprint density at radius 3 is 2.24 bits per heavy atom. The number of nitrogens with one attached hydrogen (secondary N) is 3. The first-order valence-corrected chi connectivity index (χ1v) is 12.7. The van der Waals surface area contributed by atoms with E-state index in [1.54, 1.807) is 53.5 Å². The summed E-state index contributed by atoms with van der Waals surface area (Å²) in [6, 6.07) is 1.01. The van der Waals surface area contributed by atoms with Crippen molar-refractivity contribution in [3.63, 3.8) is 0 Å². The molecular formula is C25H37ClFN5O5. The Kier molecular flexibility index (Phi) is 8.36. The molecule has 0 spiro atoms. The lowest BCUT2D eigenvalue weighted by molar-refractivity contribution is 0.0237. The third kappa shape index (κ3) is 7.77. The minimum absolute atomic E-state index is 0.0455.